The first-order valence-electron chi connectivity index (χ1n) is 8.75. The van der Waals surface area contributed by atoms with Gasteiger partial charge in [0.15, 0.2) is 0 Å². The summed E-state index contributed by atoms with van der Waals surface area (Å²) in [7, 11) is -3.69. The number of hydrogen-bond acceptors (Lipinski definition) is 5. The number of carbonyl (C=O) groups is 1. The maximum Gasteiger partial charge on any atom is 0.243 e. The van der Waals surface area contributed by atoms with Gasteiger partial charge in [0.2, 0.25) is 15.9 Å². The summed E-state index contributed by atoms with van der Waals surface area (Å²) in [4.78, 5) is 14.5. The number of benzene rings is 1. The van der Waals surface area contributed by atoms with Gasteiger partial charge in [0.25, 0.3) is 0 Å². The molecule has 1 saturated carbocycles. The average molecular weight is 367 g/mol. The highest BCUT2D eigenvalue weighted by Crippen LogP contribution is 2.32. The van der Waals surface area contributed by atoms with Gasteiger partial charge in [0, 0.05) is 32.2 Å². The minimum Gasteiger partial charge on any atom is -0.494 e. The normalized spacial score (nSPS) is 18.4. The Morgan fingerprint density at radius 3 is 2.44 bits per heavy atom. The minimum absolute atomic E-state index is 0.0663. The number of hydrogen-bond donors (Lipinski definition) is 1. The zero-order valence-corrected chi connectivity index (χ0v) is 15.3. The van der Waals surface area contributed by atoms with E-state index in [9.17, 15) is 13.2 Å². The van der Waals surface area contributed by atoms with Gasteiger partial charge < -0.3 is 15.0 Å². The van der Waals surface area contributed by atoms with E-state index in [2.05, 4.69) is 5.32 Å². The average Bonchev–Trinajstić information content (AvgIpc) is 3.45. The van der Waals surface area contributed by atoms with E-state index in [1.165, 1.54) is 4.31 Å². The number of nitrogens with one attached hydrogen (secondary N) is 1. The van der Waals surface area contributed by atoms with E-state index in [-0.39, 0.29) is 23.4 Å². The molecule has 1 amide bonds. The van der Waals surface area contributed by atoms with Crippen LogP contribution in [0.5, 0.6) is 5.75 Å². The molecule has 1 aliphatic heterocycles. The zero-order chi connectivity index (χ0) is 17.9. The second-order valence-electron chi connectivity index (χ2n) is 6.32. The van der Waals surface area contributed by atoms with Crippen LogP contribution in [0.25, 0.3) is 0 Å². The van der Waals surface area contributed by atoms with Crippen molar-refractivity contribution in [3.63, 3.8) is 0 Å². The summed E-state index contributed by atoms with van der Waals surface area (Å²) >= 11 is 0. The molecule has 7 nitrogen and oxygen atoms in total. The number of ether oxygens (including phenoxy) is 1. The number of amides is 1. The molecule has 2 fully saturated rings. The molecule has 1 aliphatic carbocycles. The summed E-state index contributed by atoms with van der Waals surface area (Å²) in [6.07, 6.45) is 1.62. The molecular formula is C17H25N3O4S. The highest BCUT2D eigenvalue weighted by Gasteiger charge is 2.40. The molecule has 0 aromatic heterocycles. The smallest absolute Gasteiger partial charge is 0.243 e. The third-order valence-corrected chi connectivity index (χ3v) is 6.37. The van der Waals surface area contributed by atoms with E-state index >= 15 is 0 Å². The molecule has 1 aromatic carbocycles. The second kappa shape index (κ2) is 7.72. The first-order chi connectivity index (χ1) is 12.0. The van der Waals surface area contributed by atoms with Crippen molar-refractivity contribution < 1.29 is 17.9 Å². The van der Waals surface area contributed by atoms with Crippen LogP contribution in [0.2, 0.25) is 0 Å². The predicted octanol–water partition coefficient (Wildman–Crippen LogP) is 0.670. The molecule has 138 valence electrons. The Bertz CT molecular complexity index is 695. The van der Waals surface area contributed by atoms with Crippen molar-refractivity contribution >= 4 is 15.9 Å². The molecule has 1 heterocycles. The Morgan fingerprint density at radius 2 is 1.88 bits per heavy atom. The van der Waals surface area contributed by atoms with Crippen LogP contribution in [-0.2, 0) is 14.8 Å². The minimum atomic E-state index is -3.69. The van der Waals surface area contributed by atoms with Gasteiger partial charge in [-0.05, 0) is 44.0 Å². The molecule has 0 atom stereocenters. The molecule has 2 aliphatic rings. The molecule has 0 bridgehead atoms. The zero-order valence-electron chi connectivity index (χ0n) is 14.5. The lowest BCUT2D eigenvalue weighted by Gasteiger charge is -2.30. The fourth-order valence-corrected chi connectivity index (χ4v) is 4.56. The van der Waals surface area contributed by atoms with Crippen molar-refractivity contribution in [1.82, 2.24) is 14.5 Å². The molecule has 1 saturated heterocycles. The lowest BCUT2D eigenvalue weighted by Crippen LogP contribution is -2.50. The maximum atomic E-state index is 13.0. The molecule has 1 aromatic rings. The Balaban J connectivity index is 1.75. The van der Waals surface area contributed by atoms with Crippen LogP contribution in [0.1, 0.15) is 19.8 Å². The van der Waals surface area contributed by atoms with Crippen molar-refractivity contribution in [3.05, 3.63) is 24.3 Å². The summed E-state index contributed by atoms with van der Waals surface area (Å²) in [5.41, 5.74) is 0. The summed E-state index contributed by atoms with van der Waals surface area (Å²) in [6.45, 7) is 5.07. The van der Waals surface area contributed by atoms with E-state index in [1.54, 1.807) is 29.2 Å². The summed E-state index contributed by atoms with van der Waals surface area (Å²) in [5.74, 6) is 0.513. The van der Waals surface area contributed by atoms with Gasteiger partial charge in [-0.15, -0.1) is 0 Å². The van der Waals surface area contributed by atoms with Crippen molar-refractivity contribution in [1.29, 1.82) is 0 Å². The third kappa shape index (κ3) is 4.31. The SMILES string of the molecule is CCOc1ccc(S(=O)(=O)N(CC(=O)N2CCNCC2)C2CC2)cc1. The van der Waals surface area contributed by atoms with Crippen molar-refractivity contribution in [2.24, 2.45) is 0 Å². The maximum absolute atomic E-state index is 13.0. The molecule has 1 N–H and O–H groups in total. The Hall–Kier alpha value is -1.64. The summed E-state index contributed by atoms with van der Waals surface area (Å²) in [5, 5.41) is 3.19. The van der Waals surface area contributed by atoms with Crippen molar-refractivity contribution in [2.75, 3.05) is 39.3 Å². The monoisotopic (exact) mass is 367 g/mol. The van der Waals surface area contributed by atoms with E-state index in [0.717, 1.165) is 25.9 Å². The highest BCUT2D eigenvalue weighted by molar-refractivity contribution is 7.89. The molecule has 0 unspecified atom stereocenters. The van der Waals surface area contributed by atoms with E-state index < -0.39 is 10.0 Å². The lowest BCUT2D eigenvalue weighted by molar-refractivity contribution is -0.132. The van der Waals surface area contributed by atoms with E-state index in [4.69, 9.17) is 4.74 Å². The molecule has 0 spiro atoms. The van der Waals surface area contributed by atoms with Crippen LogP contribution in [0.4, 0.5) is 0 Å². The van der Waals surface area contributed by atoms with Crippen LogP contribution in [0, 0.1) is 0 Å². The van der Waals surface area contributed by atoms with Gasteiger partial charge in [-0.2, -0.15) is 4.31 Å². The van der Waals surface area contributed by atoms with Crippen LogP contribution in [-0.4, -0.2) is 68.9 Å². The number of rotatable bonds is 7. The lowest BCUT2D eigenvalue weighted by atomic mass is 10.3. The molecular weight excluding hydrogens is 342 g/mol. The Morgan fingerprint density at radius 1 is 1.24 bits per heavy atom. The largest absolute Gasteiger partial charge is 0.494 e. The first kappa shape index (κ1) is 18.2. The van der Waals surface area contributed by atoms with Crippen LogP contribution >= 0.6 is 0 Å². The Labute approximate surface area is 149 Å². The van der Waals surface area contributed by atoms with Crippen molar-refractivity contribution in [2.45, 2.75) is 30.7 Å². The Kier molecular flexibility index (Phi) is 5.61. The van der Waals surface area contributed by atoms with E-state index in [1.807, 2.05) is 6.92 Å². The van der Waals surface area contributed by atoms with Gasteiger partial charge >= 0.3 is 0 Å². The summed E-state index contributed by atoms with van der Waals surface area (Å²) in [6, 6.07) is 6.33. The molecule has 3 rings (SSSR count). The van der Waals surface area contributed by atoms with Gasteiger partial charge in [0.05, 0.1) is 18.0 Å². The number of carbonyl (C=O) groups excluding carboxylic acids is 1. The molecule has 8 heteroatoms. The highest BCUT2D eigenvalue weighted by atomic mass is 32.2. The third-order valence-electron chi connectivity index (χ3n) is 4.46. The fourth-order valence-electron chi connectivity index (χ4n) is 2.93. The quantitative estimate of drug-likeness (QED) is 0.766. The molecule has 25 heavy (non-hydrogen) atoms. The second-order valence-corrected chi connectivity index (χ2v) is 8.21. The topological polar surface area (TPSA) is 79.0 Å². The van der Waals surface area contributed by atoms with Gasteiger partial charge in [-0.1, -0.05) is 0 Å². The molecule has 0 radical (unpaired) electrons. The first-order valence-corrected chi connectivity index (χ1v) is 10.2. The number of sulfonamides is 1. The van der Waals surface area contributed by atoms with Crippen molar-refractivity contribution in [3.8, 4) is 5.75 Å². The van der Waals surface area contributed by atoms with Crippen LogP contribution in [0.3, 0.4) is 0 Å². The van der Waals surface area contributed by atoms with Gasteiger partial charge in [-0.25, -0.2) is 8.42 Å². The van der Waals surface area contributed by atoms with E-state index in [0.29, 0.717) is 25.4 Å². The number of nitrogens with zero attached hydrogens (tertiary/aromatic N) is 2. The fraction of sp³-hybridized carbons (Fsp3) is 0.588. The summed E-state index contributed by atoms with van der Waals surface area (Å²) < 4.78 is 32.7. The standard InChI is InChI=1S/C17H25N3O4S/c1-2-24-15-5-7-16(8-6-15)25(22,23)20(14-3-4-14)13-17(21)19-11-9-18-10-12-19/h5-8,14,18H,2-4,9-13H2,1H3. The number of piperazine rings is 1. The van der Waals surface area contributed by atoms with Crippen LogP contribution < -0.4 is 10.1 Å². The van der Waals surface area contributed by atoms with Gasteiger partial charge in [-0.3, -0.25) is 4.79 Å². The van der Waals surface area contributed by atoms with Crippen LogP contribution in [0.15, 0.2) is 29.2 Å². The predicted molar refractivity (Wildman–Crippen MR) is 94.0 cm³/mol. The van der Waals surface area contributed by atoms with Gasteiger partial charge in [0.1, 0.15) is 5.75 Å².